The molecule has 0 spiro atoms. The van der Waals surface area contributed by atoms with Crippen LogP contribution in [-0.2, 0) is 11.2 Å². The molecule has 0 atom stereocenters. The van der Waals surface area contributed by atoms with Crippen molar-refractivity contribution >= 4 is 24.1 Å². The van der Waals surface area contributed by atoms with Gasteiger partial charge < -0.3 is 9.72 Å². The average molecular weight is 346 g/mol. The highest BCUT2D eigenvalue weighted by atomic mass is 32.1. The molecule has 0 unspecified atom stereocenters. The molecule has 8 heteroatoms. The zero-order chi connectivity index (χ0) is 17.6. The summed E-state index contributed by atoms with van der Waals surface area (Å²) in [6, 6.07) is 1.76. The third-order valence-corrected chi connectivity index (χ3v) is 3.87. The number of nitrogens with one attached hydrogen (secondary N) is 2. The van der Waals surface area contributed by atoms with Crippen LogP contribution >= 0.6 is 12.2 Å². The highest BCUT2D eigenvalue weighted by Crippen LogP contribution is 2.37. The number of ether oxygens (including phenoxy) is 1. The molecule has 0 bridgehead atoms. The van der Waals surface area contributed by atoms with Crippen molar-refractivity contribution in [2.24, 2.45) is 0 Å². The van der Waals surface area contributed by atoms with E-state index in [1.807, 2.05) is 0 Å². The molecule has 2 heterocycles. The molecule has 0 saturated carbocycles. The van der Waals surface area contributed by atoms with Gasteiger partial charge in [-0.3, -0.25) is 14.7 Å². The summed E-state index contributed by atoms with van der Waals surface area (Å²) in [5.41, 5.74) is 1.96. The lowest BCUT2D eigenvalue weighted by atomic mass is 10.1. The van der Waals surface area contributed by atoms with Gasteiger partial charge in [-0.15, -0.1) is 0 Å². The van der Waals surface area contributed by atoms with E-state index in [9.17, 15) is 9.59 Å². The number of fused-ring (bicyclic) bond motifs is 3. The first kappa shape index (κ1) is 16.4. The molecule has 0 saturated heterocycles. The van der Waals surface area contributed by atoms with Gasteiger partial charge in [-0.1, -0.05) is 0 Å². The summed E-state index contributed by atoms with van der Waals surface area (Å²) >= 11 is 5.03. The summed E-state index contributed by atoms with van der Waals surface area (Å²) in [4.78, 5) is 35.8. The van der Waals surface area contributed by atoms with Gasteiger partial charge in [0, 0.05) is 30.9 Å². The number of hydrogen-bond donors (Lipinski definition) is 2. The molecule has 0 aliphatic heterocycles. The van der Waals surface area contributed by atoms with Crippen LogP contribution in [0.25, 0.3) is 11.1 Å². The number of H-pyrrole nitrogens is 2. The smallest absolute Gasteiger partial charge is 0.415 e. The SMILES string of the molecule is CN(C(=O)OC(C)(C)C)c1nccc2c1Cc1[nH]c(=S)[nH]c(=O)c1-2. The van der Waals surface area contributed by atoms with Crippen molar-refractivity contribution in [3.63, 3.8) is 0 Å². The molecular formula is C16H18N4O3S. The zero-order valence-corrected chi connectivity index (χ0v) is 14.7. The van der Waals surface area contributed by atoms with Gasteiger partial charge in [0.05, 0.1) is 5.56 Å². The molecule has 1 aliphatic rings. The first-order valence-electron chi connectivity index (χ1n) is 7.48. The van der Waals surface area contributed by atoms with E-state index in [0.29, 0.717) is 17.8 Å². The number of carbonyl (C=O) groups is 1. The minimum absolute atomic E-state index is 0.246. The fourth-order valence-corrected chi connectivity index (χ4v) is 2.94. The van der Waals surface area contributed by atoms with Gasteiger partial charge in [0.1, 0.15) is 11.4 Å². The highest BCUT2D eigenvalue weighted by Gasteiger charge is 2.29. The standard InChI is InChI=1S/C16H18N4O3S/c1-16(2,3)23-15(22)20(4)12-9-7-10-11(8(9)5-6-17-12)13(21)19-14(24)18-10/h5-6H,7H2,1-4H3,(H2,18,19,21,24). The second-order valence-corrected chi connectivity index (χ2v) is 7.05. The first-order valence-corrected chi connectivity index (χ1v) is 7.88. The Balaban J connectivity index is 2.05. The van der Waals surface area contributed by atoms with Gasteiger partial charge in [-0.2, -0.15) is 0 Å². The number of anilines is 1. The minimum Gasteiger partial charge on any atom is -0.443 e. The molecule has 2 aromatic heterocycles. The van der Waals surface area contributed by atoms with E-state index in [1.54, 1.807) is 40.1 Å². The number of rotatable bonds is 1. The van der Waals surface area contributed by atoms with Crippen molar-refractivity contribution in [3.05, 3.63) is 38.6 Å². The number of aromatic nitrogens is 3. The largest absolute Gasteiger partial charge is 0.443 e. The van der Waals surface area contributed by atoms with Crippen molar-refractivity contribution < 1.29 is 9.53 Å². The third kappa shape index (κ3) is 2.84. The van der Waals surface area contributed by atoms with E-state index in [0.717, 1.165) is 16.8 Å². The molecule has 2 aromatic rings. The molecule has 0 fully saturated rings. The van der Waals surface area contributed by atoms with Gasteiger partial charge in [-0.05, 0) is 44.6 Å². The molecular weight excluding hydrogens is 328 g/mol. The van der Waals surface area contributed by atoms with Crippen LogP contribution in [0.2, 0.25) is 0 Å². The Bertz CT molecular complexity index is 940. The van der Waals surface area contributed by atoms with E-state index in [4.69, 9.17) is 17.0 Å². The topological polar surface area (TPSA) is 91.1 Å². The second kappa shape index (κ2) is 5.55. The number of aromatic amines is 2. The van der Waals surface area contributed by atoms with Crippen LogP contribution in [0.15, 0.2) is 17.1 Å². The quantitative estimate of drug-likeness (QED) is 0.661. The van der Waals surface area contributed by atoms with Crippen molar-refractivity contribution in [1.82, 2.24) is 15.0 Å². The van der Waals surface area contributed by atoms with Gasteiger partial charge in [0.15, 0.2) is 4.77 Å². The van der Waals surface area contributed by atoms with Crippen molar-refractivity contribution in [3.8, 4) is 11.1 Å². The Hall–Kier alpha value is -2.48. The Morgan fingerprint density at radius 1 is 1.38 bits per heavy atom. The summed E-state index contributed by atoms with van der Waals surface area (Å²) in [6.07, 6.45) is 1.53. The summed E-state index contributed by atoms with van der Waals surface area (Å²) < 4.78 is 5.67. The van der Waals surface area contributed by atoms with E-state index < -0.39 is 11.7 Å². The molecule has 1 aliphatic carbocycles. The Morgan fingerprint density at radius 3 is 2.75 bits per heavy atom. The van der Waals surface area contributed by atoms with Gasteiger partial charge >= 0.3 is 6.09 Å². The van der Waals surface area contributed by atoms with Gasteiger partial charge in [-0.25, -0.2) is 9.78 Å². The van der Waals surface area contributed by atoms with E-state index in [2.05, 4.69) is 15.0 Å². The fourth-order valence-electron chi connectivity index (χ4n) is 2.72. The summed E-state index contributed by atoms with van der Waals surface area (Å²) in [5.74, 6) is 0.469. The summed E-state index contributed by atoms with van der Waals surface area (Å²) in [6.45, 7) is 5.41. The predicted octanol–water partition coefficient (Wildman–Crippen LogP) is 2.77. The van der Waals surface area contributed by atoms with Crippen molar-refractivity contribution in [2.75, 3.05) is 11.9 Å². The molecule has 3 rings (SSSR count). The van der Waals surface area contributed by atoms with Gasteiger partial charge in [0.25, 0.3) is 5.56 Å². The number of carbonyl (C=O) groups excluding carboxylic acids is 1. The van der Waals surface area contributed by atoms with Crippen LogP contribution in [0.4, 0.5) is 10.6 Å². The van der Waals surface area contributed by atoms with E-state index >= 15 is 0 Å². The average Bonchev–Trinajstić information content (AvgIpc) is 2.82. The lowest BCUT2D eigenvalue weighted by Crippen LogP contribution is -2.35. The lowest BCUT2D eigenvalue weighted by Gasteiger charge is -2.25. The monoisotopic (exact) mass is 346 g/mol. The maximum absolute atomic E-state index is 12.3. The summed E-state index contributed by atoms with van der Waals surface area (Å²) in [5, 5.41) is 0. The summed E-state index contributed by atoms with van der Waals surface area (Å²) in [7, 11) is 1.60. The van der Waals surface area contributed by atoms with E-state index in [-0.39, 0.29) is 10.3 Å². The second-order valence-electron chi connectivity index (χ2n) is 6.64. The maximum Gasteiger partial charge on any atom is 0.415 e. The van der Waals surface area contributed by atoms with Crippen LogP contribution in [0.3, 0.4) is 0 Å². The number of nitrogens with zero attached hydrogens (tertiary/aromatic N) is 2. The van der Waals surface area contributed by atoms with Gasteiger partial charge in [0.2, 0.25) is 0 Å². The molecule has 0 aromatic carbocycles. The highest BCUT2D eigenvalue weighted by molar-refractivity contribution is 7.71. The number of hydrogen-bond acceptors (Lipinski definition) is 5. The molecule has 126 valence electrons. The van der Waals surface area contributed by atoms with Crippen molar-refractivity contribution in [2.45, 2.75) is 32.8 Å². The van der Waals surface area contributed by atoms with E-state index in [1.165, 1.54) is 4.90 Å². The number of amides is 1. The Morgan fingerprint density at radius 2 is 2.08 bits per heavy atom. The maximum atomic E-state index is 12.3. The lowest BCUT2D eigenvalue weighted by molar-refractivity contribution is 0.0588. The van der Waals surface area contributed by atoms with Crippen LogP contribution < -0.4 is 10.5 Å². The molecule has 0 radical (unpaired) electrons. The molecule has 24 heavy (non-hydrogen) atoms. The third-order valence-electron chi connectivity index (χ3n) is 3.66. The van der Waals surface area contributed by atoms with Crippen LogP contribution in [0.5, 0.6) is 0 Å². The molecule has 1 amide bonds. The van der Waals surface area contributed by atoms with Crippen LogP contribution in [0.1, 0.15) is 32.0 Å². The molecule has 7 nitrogen and oxygen atoms in total. The zero-order valence-electron chi connectivity index (χ0n) is 13.9. The molecule has 2 N–H and O–H groups in total. The predicted molar refractivity (Wildman–Crippen MR) is 92.9 cm³/mol. The van der Waals surface area contributed by atoms with Crippen LogP contribution in [0, 0.1) is 4.77 Å². The first-order chi connectivity index (χ1) is 11.2. The minimum atomic E-state index is -0.603. The number of pyridine rings is 1. The Labute approximate surface area is 143 Å². The Kier molecular flexibility index (Phi) is 3.79. The fraction of sp³-hybridized carbons (Fsp3) is 0.375. The van der Waals surface area contributed by atoms with Crippen LogP contribution in [-0.4, -0.2) is 33.7 Å². The van der Waals surface area contributed by atoms with Crippen molar-refractivity contribution in [1.29, 1.82) is 0 Å². The normalized spacial score (nSPS) is 12.5.